The number of nitrogens with zero attached hydrogens (tertiary/aromatic N) is 2. The standard InChI is InChI=1S/C18H18N4O3/c23-16(14-5-4-12-2-1-3-13(12)10-14)6-7-17(24)21-22-18(25)15-11-19-8-9-20-15/h4-5,8-11H,1-3,6-7H2,(H,21,24)(H,22,25). The van der Waals surface area contributed by atoms with E-state index in [1.807, 2.05) is 18.2 Å². The van der Waals surface area contributed by atoms with Gasteiger partial charge in [0.2, 0.25) is 5.91 Å². The first-order chi connectivity index (χ1) is 12.1. The number of benzene rings is 1. The fourth-order valence-corrected chi connectivity index (χ4v) is 2.79. The van der Waals surface area contributed by atoms with Crippen LogP contribution in [0.4, 0.5) is 0 Å². The molecule has 0 spiro atoms. The number of Topliss-reactive ketones (excluding diaryl/α,β-unsaturated/α-hetero) is 1. The Balaban J connectivity index is 1.46. The quantitative estimate of drug-likeness (QED) is 0.634. The van der Waals surface area contributed by atoms with Crippen molar-refractivity contribution in [2.45, 2.75) is 32.1 Å². The maximum Gasteiger partial charge on any atom is 0.289 e. The molecule has 1 aliphatic carbocycles. The zero-order valence-electron chi connectivity index (χ0n) is 13.6. The number of rotatable bonds is 5. The smallest absolute Gasteiger partial charge is 0.289 e. The summed E-state index contributed by atoms with van der Waals surface area (Å²) in [5.41, 5.74) is 7.78. The van der Waals surface area contributed by atoms with E-state index in [0.29, 0.717) is 5.56 Å². The van der Waals surface area contributed by atoms with Gasteiger partial charge in [0.1, 0.15) is 5.69 Å². The Hall–Kier alpha value is -3.09. The molecule has 0 fully saturated rings. The van der Waals surface area contributed by atoms with E-state index in [0.717, 1.165) is 19.3 Å². The summed E-state index contributed by atoms with van der Waals surface area (Å²) in [7, 11) is 0. The Morgan fingerprint density at radius 3 is 2.64 bits per heavy atom. The van der Waals surface area contributed by atoms with Crippen molar-refractivity contribution in [2.24, 2.45) is 0 Å². The topological polar surface area (TPSA) is 101 Å². The molecule has 1 aliphatic rings. The second kappa shape index (κ2) is 7.65. The van der Waals surface area contributed by atoms with Gasteiger partial charge in [-0.15, -0.1) is 0 Å². The van der Waals surface area contributed by atoms with Gasteiger partial charge < -0.3 is 0 Å². The molecule has 0 radical (unpaired) electrons. The van der Waals surface area contributed by atoms with Crippen LogP contribution in [0.5, 0.6) is 0 Å². The number of hydrogen-bond donors (Lipinski definition) is 2. The van der Waals surface area contributed by atoms with Crippen LogP contribution in [0.25, 0.3) is 0 Å². The molecule has 128 valence electrons. The predicted octanol–water partition coefficient (Wildman–Crippen LogP) is 1.39. The van der Waals surface area contributed by atoms with Crippen molar-refractivity contribution in [1.29, 1.82) is 0 Å². The monoisotopic (exact) mass is 338 g/mol. The normalized spacial score (nSPS) is 12.3. The number of amides is 2. The average molecular weight is 338 g/mol. The minimum atomic E-state index is -0.564. The van der Waals surface area contributed by atoms with Crippen LogP contribution in [0.3, 0.4) is 0 Å². The van der Waals surface area contributed by atoms with Gasteiger partial charge in [0.25, 0.3) is 5.91 Å². The number of aryl methyl sites for hydroxylation is 2. The second-order valence-electron chi connectivity index (χ2n) is 5.85. The maximum atomic E-state index is 12.2. The van der Waals surface area contributed by atoms with Crippen LogP contribution in [-0.4, -0.2) is 27.6 Å². The zero-order valence-corrected chi connectivity index (χ0v) is 13.6. The molecule has 1 aromatic carbocycles. The van der Waals surface area contributed by atoms with E-state index in [9.17, 15) is 14.4 Å². The molecular formula is C18H18N4O3. The highest BCUT2D eigenvalue weighted by Crippen LogP contribution is 2.23. The summed E-state index contributed by atoms with van der Waals surface area (Å²) in [5, 5.41) is 0. The Morgan fingerprint density at radius 2 is 1.84 bits per heavy atom. The fourth-order valence-electron chi connectivity index (χ4n) is 2.79. The van der Waals surface area contributed by atoms with E-state index < -0.39 is 11.8 Å². The number of nitrogens with one attached hydrogen (secondary N) is 2. The molecule has 3 rings (SSSR count). The van der Waals surface area contributed by atoms with Crippen LogP contribution in [0.1, 0.15) is 51.2 Å². The van der Waals surface area contributed by atoms with Gasteiger partial charge in [-0.3, -0.25) is 30.2 Å². The summed E-state index contributed by atoms with van der Waals surface area (Å²) < 4.78 is 0. The number of aromatic nitrogens is 2. The van der Waals surface area contributed by atoms with Gasteiger partial charge in [0.05, 0.1) is 6.20 Å². The number of hydrazine groups is 1. The van der Waals surface area contributed by atoms with Crippen molar-refractivity contribution >= 4 is 17.6 Å². The van der Waals surface area contributed by atoms with Crippen LogP contribution in [0, 0.1) is 0 Å². The second-order valence-corrected chi connectivity index (χ2v) is 5.85. The van der Waals surface area contributed by atoms with E-state index >= 15 is 0 Å². The number of carbonyl (C=O) groups excluding carboxylic acids is 3. The largest absolute Gasteiger partial charge is 0.294 e. The van der Waals surface area contributed by atoms with E-state index in [1.54, 1.807) is 0 Å². The number of hydrogen-bond acceptors (Lipinski definition) is 5. The first kappa shape index (κ1) is 16.8. The van der Waals surface area contributed by atoms with Crippen molar-refractivity contribution in [3.8, 4) is 0 Å². The van der Waals surface area contributed by atoms with Gasteiger partial charge in [0, 0.05) is 30.8 Å². The number of fused-ring (bicyclic) bond motifs is 1. The van der Waals surface area contributed by atoms with Crippen LogP contribution in [0.2, 0.25) is 0 Å². The highest BCUT2D eigenvalue weighted by Gasteiger charge is 2.15. The van der Waals surface area contributed by atoms with Gasteiger partial charge in [-0.2, -0.15) is 0 Å². The highest BCUT2D eigenvalue weighted by atomic mass is 16.2. The molecule has 0 saturated heterocycles. The van der Waals surface area contributed by atoms with E-state index in [2.05, 4.69) is 20.8 Å². The lowest BCUT2D eigenvalue weighted by Crippen LogP contribution is -2.42. The van der Waals surface area contributed by atoms with Gasteiger partial charge >= 0.3 is 0 Å². The Morgan fingerprint density at radius 1 is 1.00 bits per heavy atom. The average Bonchev–Trinajstić information content (AvgIpc) is 3.12. The lowest BCUT2D eigenvalue weighted by molar-refractivity contribution is -0.121. The summed E-state index contributed by atoms with van der Waals surface area (Å²) in [6, 6.07) is 5.75. The molecule has 25 heavy (non-hydrogen) atoms. The molecule has 7 nitrogen and oxygen atoms in total. The Kier molecular flexibility index (Phi) is 5.13. The van der Waals surface area contributed by atoms with Crippen LogP contribution in [-0.2, 0) is 17.6 Å². The molecule has 2 amide bonds. The molecule has 0 aliphatic heterocycles. The minimum absolute atomic E-state index is 0.00331. The van der Waals surface area contributed by atoms with Crippen molar-refractivity contribution in [2.75, 3.05) is 0 Å². The van der Waals surface area contributed by atoms with Crippen LogP contribution in [0.15, 0.2) is 36.8 Å². The molecule has 7 heteroatoms. The Bertz CT molecular complexity index is 805. The molecular weight excluding hydrogens is 320 g/mol. The zero-order chi connectivity index (χ0) is 17.6. The highest BCUT2D eigenvalue weighted by molar-refractivity contribution is 5.98. The minimum Gasteiger partial charge on any atom is -0.294 e. The molecule has 2 aromatic rings. The SMILES string of the molecule is O=C(CCC(=O)c1ccc2c(c1)CCC2)NNC(=O)c1cnccn1. The molecule has 0 atom stereocenters. The first-order valence-electron chi connectivity index (χ1n) is 8.13. The van der Waals surface area contributed by atoms with E-state index in [-0.39, 0.29) is 24.3 Å². The Labute approximate surface area is 144 Å². The van der Waals surface area contributed by atoms with Gasteiger partial charge in [-0.05, 0) is 36.5 Å². The third kappa shape index (κ3) is 4.26. The summed E-state index contributed by atoms with van der Waals surface area (Å²) in [6.45, 7) is 0. The van der Waals surface area contributed by atoms with Crippen molar-refractivity contribution in [3.05, 3.63) is 59.2 Å². The third-order valence-corrected chi connectivity index (χ3v) is 4.11. The van der Waals surface area contributed by atoms with Crippen molar-refractivity contribution in [3.63, 3.8) is 0 Å². The van der Waals surface area contributed by atoms with Crippen molar-refractivity contribution < 1.29 is 14.4 Å². The van der Waals surface area contributed by atoms with Gasteiger partial charge in [0.15, 0.2) is 5.78 Å². The lowest BCUT2D eigenvalue weighted by Gasteiger charge is -2.07. The number of carbonyl (C=O) groups is 3. The molecule has 1 heterocycles. The molecule has 1 aromatic heterocycles. The first-order valence-corrected chi connectivity index (χ1v) is 8.13. The predicted molar refractivity (Wildman–Crippen MR) is 89.7 cm³/mol. The number of ketones is 1. The summed E-state index contributed by atoms with van der Waals surface area (Å²) in [6.07, 6.45) is 7.40. The summed E-state index contributed by atoms with van der Waals surface area (Å²) in [4.78, 5) is 43.3. The third-order valence-electron chi connectivity index (χ3n) is 4.11. The molecule has 2 N–H and O–H groups in total. The summed E-state index contributed by atoms with van der Waals surface area (Å²) >= 11 is 0. The summed E-state index contributed by atoms with van der Waals surface area (Å²) in [5.74, 6) is -1.08. The van der Waals surface area contributed by atoms with Crippen molar-refractivity contribution in [1.82, 2.24) is 20.8 Å². The fraction of sp³-hybridized carbons (Fsp3) is 0.278. The lowest BCUT2D eigenvalue weighted by atomic mass is 10.0. The van der Waals surface area contributed by atoms with E-state index in [1.165, 1.54) is 29.7 Å². The molecule has 0 saturated carbocycles. The van der Waals surface area contributed by atoms with Gasteiger partial charge in [-0.25, -0.2) is 4.98 Å². The van der Waals surface area contributed by atoms with Crippen LogP contribution >= 0.6 is 0 Å². The van der Waals surface area contributed by atoms with Crippen LogP contribution < -0.4 is 10.9 Å². The molecule has 0 bridgehead atoms. The maximum absolute atomic E-state index is 12.2. The molecule has 0 unspecified atom stereocenters. The van der Waals surface area contributed by atoms with E-state index in [4.69, 9.17) is 0 Å². The van der Waals surface area contributed by atoms with Gasteiger partial charge in [-0.1, -0.05) is 12.1 Å².